The number of anilines is 2. The van der Waals surface area contributed by atoms with Gasteiger partial charge >= 0.3 is 6.03 Å². The van der Waals surface area contributed by atoms with Gasteiger partial charge in [0.15, 0.2) is 0 Å². The molecule has 0 fully saturated rings. The minimum atomic E-state index is -0.405. The molecule has 0 aromatic heterocycles. The summed E-state index contributed by atoms with van der Waals surface area (Å²) < 4.78 is 0.697. The molecule has 0 saturated heterocycles. The zero-order valence-corrected chi connectivity index (χ0v) is 13.7. The van der Waals surface area contributed by atoms with Crippen LogP contribution in [0, 0.1) is 0 Å². The van der Waals surface area contributed by atoms with Gasteiger partial charge in [0.25, 0.3) is 0 Å². The first-order valence-electron chi connectivity index (χ1n) is 5.43. The normalized spacial score (nSPS) is 10.2. The standard InChI is InChI=1S/C13H8BrCl3N2O/c14-11-6-9(1-2-12(11)17)18-13(20)19-10-4-7(15)3-8(16)5-10/h1-6H,(H2,18,19,20). The average molecular weight is 394 g/mol. The van der Waals surface area contributed by atoms with Crippen LogP contribution in [0.25, 0.3) is 0 Å². The third-order valence-electron chi connectivity index (χ3n) is 2.30. The Kier molecular flexibility index (Phi) is 5.16. The summed E-state index contributed by atoms with van der Waals surface area (Å²) in [7, 11) is 0. The van der Waals surface area contributed by atoms with Gasteiger partial charge in [-0.2, -0.15) is 0 Å². The van der Waals surface area contributed by atoms with Crippen LogP contribution in [0.1, 0.15) is 0 Å². The van der Waals surface area contributed by atoms with Crippen LogP contribution in [0.15, 0.2) is 40.9 Å². The van der Waals surface area contributed by atoms with Gasteiger partial charge in [-0.3, -0.25) is 0 Å². The first-order chi connectivity index (χ1) is 9.44. The number of rotatable bonds is 2. The number of carbonyl (C=O) groups excluding carboxylic acids is 1. The summed E-state index contributed by atoms with van der Waals surface area (Å²) >= 11 is 20.9. The summed E-state index contributed by atoms with van der Waals surface area (Å²) in [6.07, 6.45) is 0. The Labute approximate surface area is 139 Å². The Morgan fingerprint density at radius 2 is 1.50 bits per heavy atom. The zero-order valence-electron chi connectivity index (χ0n) is 9.88. The summed E-state index contributed by atoms with van der Waals surface area (Å²) in [5.41, 5.74) is 1.11. The fraction of sp³-hybridized carbons (Fsp3) is 0. The highest BCUT2D eigenvalue weighted by atomic mass is 79.9. The maximum Gasteiger partial charge on any atom is 0.323 e. The fourth-order valence-corrected chi connectivity index (χ4v) is 2.52. The van der Waals surface area contributed by atoms with E-state index >= 15 is 0 Å². The zero-order chi connectivity index (χ0) is 14.7. The van der Waals surface area contributed by atoms with Crippen LogP contribution in [0.5, 0.6) is 0 Å². The maximum atomic E-state index is 11.8. The third-order valence-corrected chi connectivity index (χ3v) is 3.95. The van der Waals surface area contributed by atoms with E-state index in [9.17, 15) is 4.79 Å². The van der Waals surface area contributed by atoms with E-state index < -0.39 is 6.03 Å². The van der Waals surface area contributed by atoms with Crippen LogP contribution in [-0.2, 0) is 0 Å². The molecule has 0 aliphatic heterocycles. The number of hydrogen-bond donors (Lipinski definition) is 2. The van der Waals surface area contributed by atoms with Crippen molar-refractivity contribution in [1.29, 1.82) is 0 Å². The molecule has 2 N–H and O–H groups in total. The van der Waals surface area contributed by atoms with Gasteiger partial charge in [0, 0.05) is 25.9 Å². The maximum absolute atomic E-state index is 11.8. The molecule has 2 aromatic carbocycles. The molecule has 2 aromatic rings. The highest BCUT2D eigenvalue weighted by Gasteiger charge is 2.06. The number of hydrogen-bond acceptors (Lipinski definition) is 1. The number of halogens is 4. The van der Waals surface area contributed by atoms with Crippen molar-refractivity contribution >= 4 is 68.1 Å². The Morgan fingerprint density at radius 1 is 0.900 bits per heavy atom. The largest absolute Gasteiger partial charge is 0.323 e. The Morgan fingerprint density at radius 3 is 2.10 bits per heavy atom. The highest BCUT2D eigenvalue weighted by molar-refractivity contribution is 9.10. The molecule has 3 nitrogen and oxygen atoms in total. The van der Waals surface area contributed by atoms with Crippen LogP contribution in [0.4, 0.5) is 16.2 Å². The van der Waals surface area contributed by atoms with Gasteiger partial charge in [0.05, 0.1) is 5.02 Å². The second-order valence-corrected chi connectivity index (χ2v) is 6.00. The van der Waals surface area contributed by atoms with Crippen molar-refractivity contribution in [2.24, 2.45) is 0 Å². The Hall–Kier alpha value is -0.940. The lowest BCUT2D eigenvalue weighted by Crippen LogP contribution is -2.19. The van der Waals surface area contributed by atoms with Crippen molar-refractivity contribution in [3.05, 3.63) is 55.9 Å². The van der Waals surface area contributed by atoms with Crippen LogP contribution < -0.4 is 10.6 Å². The molecule has 2 amide bonds. The van der Waals surface area contributed by atoms with Gasteiger partial charge in [-0.25, -0.2) is 4.79 Å². The lowest BCUT2D eigenvalue weighted by Gasteiger charge is -2.09. The van der Waals surface area contributed by atoms with Crippen LogP contribution in [0.2, 0.25) is 15.1 Å². The SMILES string of the molecule is O=C(Nc1cc(Cl)cc(Cl)c1)Nc1ccc(Cl)c(Br)c1. The number of amides is 2. The third kappa shape index (κ3) is 4.28. The van der Waals surface area contributed by atoms with E-state index in [0.717, 1.165) is 0 Å². The molecule has 0 unspecified atom stereocenters. The lowest BCUT2D eigenvalue weighted by molar-refractivity contribution is 0.262. The van der Waals surface area contributed by atoms with Crippen molar-refractivity contribution < 1.29 is 4.79 Å². The molecule has 7 heteroatoms. The topological polar surface area (TPSA) is 41.1 Å². The van der Waals surface area contributed by atoms with Crippen molar-refractivity contribution in [1.82, 2.24) is 0 Å². The quantitative estimate of drug-likeness (QED) is 0.639. The molecule has 0 aliphatic carbocycles. The summed E-state index contributed by atoms with van der Waals surface area (Å²) in [5, 5.41) is 6.77. The van der Waals surface area contributed by atoms with Crippen molar-refractivity contribution in [3.8, 4) is 0 Å². The summed E-state index contributed by atoms with van der Waals surface area (Å²) in [5.74, 6) is 0. The van der Waals surface area contributed by atoms with E-state index in [4.69, 9.17) is 34.8 Å². The van der Waals surface area contributed by atoms with Crippen LogP contribution in [0.3, 0.4) is 0 Å². The van der Waals surface area contributed by atoms with Gasteiger partial charge in [0.2, 0.25) is 0 Å². The Balaban J connectivity index is 2.06. The number of carbonyl (C=O) groups is 1. The van der Waals surface area contributed by atoms with E-state index in [2.05, 4.69) is 26.6 Å². The van der Waals surface area contributed by atoms with Crippen molar-refractivity contribution in [3.63, 3.8) is 0 Å². The van der Waals surface area contributed by atoms with E-state index in [0.29, 0.717) is 30.9 Å². The first-order valence-corrected chi connectivity index (χ1v) is 7.36. The molecule has 20 heavy (non-hydrogen) atoms. The predicted molar refractivity (Wildman–Crippen MR) is 88.3 cm³/mol. The molecular weight excluding hydrogens is 386 g/mol. The molecule has 0 heterocycles. The molecule has 0 saturated carbocycles. The van der Waals surface area contributed by atoms with Gasteiger partial charge in [0.1, 0.15) is 0 Å². The molecule has 0 radical (unpaired) electrons. The van der Waals surface area contributed by atoms with Gasteiger partial charge in [-0.1, -0.05) is 34.8 Å². The van der Waals surface area contributed by atoms with Crippen LogP contribution in [-0.4, -0.2) is 6.03 Å². The average Bonchev–Trinajstić information content (AvgIpc) is 2.32. The second-order valence-electron chi connectivity index (χ2n) is 3.87. The fourth-order valence-electron chi connectivity index (χ4n) is 1.49. The minimum absolute atomic E-state index is 0.405. The number of nitrogens with one attached hydrogen (secondary N) is 2. The van der Waals surface area contributed by atoms with Gasteiger partial charge < -0.3 is 10.6 Å². The highest BCUT2D eigenvalue weighted by Crippen LogP contribution is 2.26. The Bertz CT molecular complexity index is 644. The molecular formula is C13H8BrCl3N2O. The molecule has 2 rings (SSSR count). The summed E-state index contributed by atoms with van der Waals surface area (Å²) in [6, 6.07) is 9.46. The smallest absolute Gasteiger partial charge is 0.308 e. The summed E-state index contributed by atoms with van der Waals surface area (Å²) in [6.45, 7) is 0. The van der Waals surface area contributed by atoms with Crippen LogP contribution >= 0.6 is 50.7 Å². The number of benzene rings is 2. The van der Waals surface area contributed by atoms with E-state index in [-0.39, 0.29) is 0 Å². The van der Waals surface area contributed by atoms with E-state index in [1.54, 1.807) is 36.4 Å². The first kappa shape index (κ1) is 15.4. The van der Waals surface area contributed by atoms with E-state index in [1.807, 2.05) is 0 Å². The summed E-state index contributed by atoms with van der Waals surface area (Å²) in [4.78, 5) is 11.8. The lowest BCUT2D eigenvalue weighted by atomic mass is 10.3. The van der Waals surface area contributed by atoms with Gasteiger partial charge in [-0.15, -0.1) is 0 Å². The molecule has 0 aliphatic rings. The second kappa shape index (κ2) is 6.68. The van der Waals surface area contributed by atoms with Crippen molar-refractivity contribution in [2.75, 3.05) is 10.6 Å². The van der Waals surface area contributed by atoms with E-state index in [1.165, 1.54) is 0 Å². The molecule has 0 spiro atoms. The minimum Gasteiger partial charge on any atom is -0.308 e. The molecule has 104 valence electrons. The monoisotopic (exact) mass is 392 g/mol. The molecule has 0 bridgehead atoms. The van der Waals surface area contributed by atoms with Crippen molar-refractivity contribution in [2.45, 2.75) is 0 Å². The molecule has 0 atom stereocenters. The number of urea groups is 1. The van der Waals surface area contributed by atoms with Gasteiger partial charge in [-0.05, 0) is 52.3 Å². The predicted octanol–water partition coefficient (Wildman–Crippen LogP) is 6.05.